The molecule has 0 spiro atoms. The first kappa shape index (κ1) is 15.4. The number of amides is 2. The zero-order valence-corrected chi connectivity index (χ0v) is 12.8. The molecule has 21 heavy (non-hydrogen) atoms. The number of likely N-dealkylation sites (N-methyl/N-ethyl adjacent to an activating group) is 1. The van der Waals surface area contributed by atoms with E-state index in [0.717, 1.165) is 0 Å². The average molecular weight is 294 g/mol. The van der Waals surface area contributed by atoms with E-state index in [0.29, 0.717) is 24.5 Å². The molecule has 2 rings (SSSR count). The highest BCUT2D eigenvalue weighted by Gasteiger charge is 2.30. The van der Waals surface area contributed by atoms with Gasteiger partial charge in [0.15, 0.2) is 0 Å². The van der Waals surface area contributed by atoms with Crippen molar-refractivity contribution in [2.24, 2.45) is 0 Å². The van der Waals surface area contributed by atoms with Crippen LogP contribution >= 0.6 is 0 Å². The van der Waals surface area contributed by atoms with Gasteiger partial charge >= 0.3 is 12.0 Å². The van der Waals surface area contributed by atoms with E-state index in [1.54, 1.807) is 17.9 Å². The Labute approximate surface area is 123 Å². The van der Waals surface area contributed by atoms with Crippen molar-refractivity contribution in [3.05, 3.63) is 17.5 Å². The Bertz CT molecular complexity index is 542. The molecule has 2 amide bonds. The van der Waals surface area contributed by atoms with Crippen LogP contribution in [0.25, 0.3) is 0 Å². The normalized spacial score (nSPS) is 23.1. The van der Waals surface area contributed by atoms with Gasteiger partial charge in [-0.05, 0) is 33.9 Å². The minimum Gasteiger partial charge on any atom is -0.477 e. The van der Waals surface area contributed by atoms with Crippen LogP contribution in [0.5, 0.6) is 0 Å². The molecule has 2 heterocycles. The van der Waals surface area contributed by atoms with E-state index in [1.807, 2.05) is 7.05 Å². The minimum atomic E-state index is -1.08. The van der Waals surface area contributed by atoms with Crippen LogP contribution < -0.4 is 5.32 Å². The third kappa shape index (κ3) is 3.18. The van der Waals surface area contributed by atoms with Crippen molar-refractivity contribution < 1.29 is 14.7 Å². The molecule has 7 heteroatoms. The zero-order valence-electron chi connectivity index (χ0n) is 12.8. The van der Waals surface area contributed by atoms with E-state index in [-0.39, 0.29) is 23.8 Å². The molecule has 1 aliphatic heterocycles. The number of carbonyl (C=O) groups is 2. The molecule has 1 aromatic heterocycles. The summed E-state index contributed by atoms with van der Waals surface area (Å²) in [6.45, 7) is 7.14. The summed E-state index contributed by atoms with van der Waals surface area (Å²) in [5, 5.41) is 11.8. The lowest BCUT2D eigenvalue weighted by atomic mass is 10.1. The monoisotopic (exact) mass is 294 g/mol. The van der Waals surface area contributed by atoms with Crippen molar-refractivity contribution >= 4 is 17.7 Å². The van der Waals surface area contributed by atoms with Crippen molar-refractivity contribution in [2.75, 3.05) is 25.5 Å². The molecule has 0 bridgehead atoms. The number of aryl methyl sites for hydroxylation is 1. The van der Waals surface area contributed by atoms with Crippen LogP contribution in [0.1, 0.15) is 30.0 Å². The van der Waals surface area contributed by atoms with Crippen molar-refractivity contribution in [1.82, 2.24) is 14.8 Å². The second kappa shape index (κ2) is 5.77. The number of carboxylic acid groups (broad SMARTS) is 1. The molecule has 1 aliphatic rings. The number of aromatic amines is 1. The molecule has 0 saturated carbocycles. The highest BCUT2D eigenvalue weighted by molar-refractivity contribution is 5.99. The number of hydrogen-bond acceptors (Lipinski definition) is 3. The Kier molecular flexibility index (Phi) is 4.22. The summed E-state index contributed by atoms with van der Waals surface area (Å²) in [5.41, 5.74) is 1.02. The molecule has 1 fully saturated rings. The number of hydrogen-bond donors (Lipinski definition) is 3. The quantitative estimate of drug-likeness (QED) is 0.772. The van der Waals surface area contributed by atoms with Gasteiger partial charge in [0.25, 0.3) is 0 Å². The molecule has 0 aromatic carbocycles. The fourth-order valence-corrected chi connectivity index (χ4v) is 2.62. The highest BCUT2D eigenvalue weighted by atomic mass is 16.4. The number of piperazine rings is 1. The predicted octanol–water partition coefficient (Wildman–Crippen LogP) is 1.58. The topological polar surface area (TPSA) is 88.7 Å². The van der Waals surface area contributed by atoms with Gasteiger partial charge in [-0.3, -0.25) is 4.90 Å². The first-order valence-electron chi connectivity index (χ1n) is 7.00. The summed E-state index contributed by atoms with van der Waals surface area (Å²) in [4.78, 5) is 30.2. The van der Waals surface area contributed by atoms with Gasteiger partial charge in [-0.25, -0.2) is 9.59 Å². The van der Waals surface area contributed by atoms with Gasteiger partial charge < -0.3 is 20.3 Å². The van der Waals surface area contributed by atoms with Crippen LogP contribution in [0, 0.1) is 6.92 Å². The summed E-state index contributed by atoms with van der Waals surface area (Å²) in [6.07, 6.45) is 0. The maximum Gasteiger partial charge on any atom is 0.354 e. The molecular formula is C14H22N4O3. The first-order chi connectivity index (χ1) is 9.79. The van der Waals surface area contributed by atoms with Gasteiger partial charge in [-0.15, -0.1) is 0 Å². The van der Waals surface area contributed by atoms with Crippen LogP contribution in [0.2, 0.25) is 0 Å². The number of carbonyl (C=O) groups excluding carboxylic acids is 1. The number of nitrogens with one attached hydrogen (secondary N) is 2. The summed E-state index contributed by atoms with van der Waals surface area (Å²) in [7, 11) is 2.04. The van der Waals surface area contributed by atoms with Gasteiger partial charge in [-0.2, -0.15) is 0 Å². The molecule has 2 atom stereocenters. The van der Waals surface area contributed by atoms with E-state index in [2.05, 4.69) is 29.0 Å². The van der Waals surface area contributed by atoms with E-state index in [1.165, 1.54) is 0 Å². The molecule has 0 aliphatic carbocycles. The third-order valence-electron chi connectivity index (χ3n) is 4.05. The van der Waals surface area contributed by atoms with E-state index >= 15 is 0 Å². The van der Waals surface area contributed by atoms with Crippen LogP contribution in [-0.4, -0.2) is 64.1 Å². The number of aromatic nitrogens is 1. The van der Waals surface area contributed by atoms with Gasteiger partial charge in [0.05, 0.1) is 5.69 Å². The Hall–Kier alpha value is -2.02. The van der Waals surface area contributed by atoms with Crippen LogP contribution in [0.15, 0.2) is 6.07 Å². The first-order valence-corrected chi connectivity index (χ1v) is 7.00. The summed E-state index contributed by atoms with van der Waals surface area (Å²) >= 11 is 0. The minimum absolute atomic E-state index is 0.0103. The number of aromatic carboxylic acids is 1. The molecule has 7 nitrogen and oxygen atoms in total. The number of urea groups is 1. The lowest BCUT2D eigenvalue weighted by Crippen LogP contribution is -2.57. The van der Waals surface area contributed by atoms with Crippen LogP contribution in [-0.2, 0) is 0 Å². The SMILES string of the molecule is Cc1cc(NC(=O)N2CC(C)N(C)C(C)C2)c(C(=O)O)[nH]1. The van der Waals surface area contributed by atoms with Crippen LogP contribution in [0.4, 0.5) is 10.5 Å². The van der Waals surface area contributed by atoms with E-state index < -0.39 is 5.97 Å². The molecule has 3 N–H and O–H groups in total. The Morgan fingerprint density at radius 1 is 1.33 bits per heavy atom. The van der Waals surface area contributed by atoms with Crippen LogP contribution in [0.3, 0.4) is 0 Å². The Morgan fingerprint density at radius 3 is 2.43 bits per heavy atom. The number of carboxylic acids is 1. The largest absolute Gasteiger partial charge is 0.477 e. The van der Waals surface area contributed by atoms with Gasteiger partial charge in [-0.1, -0.05) is 0 Å². The maximum absolute atomic E-state index is 12.3. The van der Waals surface area contributed by atoms with Gasteiger partial charge in [0.2, 0.25) is 0 Å². The standard InChI is InChI=1S/C14H22N4O3/c1-8-5-11(12(15-8)13(19)20)16-14(21)18-6-9(2)17(4)10(3)7-18/h5,9-10,15H,6-7H2,1-4H3,(H,16,21)(H,19,20). The Balaban J connectivity index is 2.10. The second-order valence-corrected chi connectivity index (χ2v) is 5.74. The Morgan fingerprint density at radius 2 is 1.90 bits per heavy atom. The smallest absolute Gasteiger partial charge is 0.354 e. The summed E-state index contributed by atoms with van der Waals surface area (Å²) < 4.78 is 0. The average Bonchev–Trinajstić information content (AvgIpc) is 2.76. The maximum atomic E-state index is 12.3. The van der Waals surface area contributed by atoms with Crippen molar-refractivity contribution in [2.45, 2.75) is 32.9 Å². The highest BCUT2D eigenvalue weighted by Crippen LogP contribution is 2.19. The predicted molar refractivity (Wildman–Crippen MR) is 79.8 cm³/mol. The molecule has 2 unspecified atom stereocenters. The number of nitrogens with zero attached hydrogens (tertiary/aromatic N) is 2. The van der Waals surface area contributed by atoms with E-state index in [9.17, 15) is 9.59 Å². The van der Waals surface area contributed by atoms with Gasteiger partial charge in [0, 0.05) is 30.9 Å². The summed E-state index contributed by atoms with van der Waals surface area (Å²) in [6, 6.07) is 1.91. The molecule has 1 aromatic rings. The molecular weight excluding hydrogens is 272 g/mol. The lowest BCUT2D eigenvalue weighted by molar-refractivity contribution is 0.0692. The number of H-pyrrole nitrogens is 1. The molecule has 116 valence electrons. The number of anilines is 1. The van der Waals surface area contributed by atoms with Gasteiger partial charge in [0.1, 0.15) is 5.69 Å². The zero-order chi connectivity index (χ0) is 15.7. The molecule has 0 radical (unpaired) electrons. The van der Waals surface area contributed by atoms with Crippen molar-refractivity contribution in [1.29, 1.82) is 0 Å². The van der Waals surface area contributed by atoms with Crippen molar-refractivity contribution in [3.63, 3.8) is 0 Å². The number of rotatable bonds is 2. The third-order valence-corrected chi connectivity index (χ3v) is 4.05. The summed E-state index contributed by atoms with van der Waals surface area (Å²) in [5.74, 6) is -1.08. The van der Waals surface area contributed by atoms with E-state index in [4.69, 9.17) is 5.11 Å². The molecule has 1 saturated heterocycles. The lowest BCUT2D eigenvalue weighted by Gasteiger charge is -2.42. The fraction of sp³-hybridized carbons (Fsp3) is 0.571. The second-order valence-electron chi connectivity index (χ2n) is 5.74. The fourth-order valence-electron chi connectivity index (χ4n) is 2.62. The van der Waals surface area contributed by atoms with Crippen molar-refractivity contribution in [3.8, 4) is 0 Å².